The van der Waals surface area contributed by atoms with E-state index in [-0.39, 0.29) is 24.0 Å². The fourth-order valence-corrected chi connectivity index (χ4v) is 6.42. The number of imide groups is 1. The zero-order valence-corrected chi connectivity index (χ0v) is 24.4. The van der Waals surface area contributed by atoms with Gasteiger partial charge in [-0.2, -0.15) is 0 Å². The third-order valence-electron chi connectivity index (χ3n) is 7.16. The molecule has 1 unspecified atom stereocenters. The third kappa shape index (κ3) is 7.11. The molecule has 1 atom stereocenters. The standard InChI is InChI=1S/C32H31N3O4S2/c1-39-27-9-5-8-23(20-27)10-15-28(36)25-11-13-26(14-12-25)35-30(37)21-29(31(35)38)41-32(40)34-18-16-33(17-19-34)22-24-6-3-2-4-7-24/h2-15,20,29H,16-19,21-22H2,1H3. The van der Waals surface area contributed by atoms with Gasteiger partial charge < -0.3 is 9.64 Å². The summed E-state index contributed by atoms with van der Waals surface area (Å²) in [5.74, 6) is -0.00864. The van der Waals surface area contributed by atoms with Gasteiger partial charge in [-0.25, -0.2) is 4.90 Å². The highest BCUT2D eigenvalue weighted by Gasteiger charge is 2.41. The highest BCUT2D eigenvalue weighted by atomic mass is 32.2. The van der Waals surface area contributed by atoms with Gasteiger partial charge in [-0.15, -0.1) is 0 Å². The molecule has 0 saturated carbocycles. The van der Waals surface area contributed by atoms with Crippen molar-refractivity contribution < 1.29 is 19.1 Å². The summed E-state index contributed by atoms with van der Waals surface area (Å²) in [6.45, 7) is 4.26. The zero-order valence-electron chi connectivity index (χ0n) is 22.8. The summed E-state index contributed by atoms with van der Waals surface area (Å²) in [5, 5.41) is -0.551. The van der Waals surface area contributed by atoms with Gasteiger partial charge in [0.25, 0.3) is 0 Å². The Morgan fingerprint density at radius 3 is 2.41 bits per heavy atom. The molecule has 2 aliphatic rings. The number of carbonyl (C=O) groups excluding carboxylic acids is 3. The maximum atomic E-state index is 13.2. The summed E-state index contributed by atoms with van der Waals surface area (Å²) in [6.07, 6.45) is 3.31. The number of thioether (sulfide) groups is 1. The van der Waals surface area contributed by atoms with Crippen LogP contribution in [0.3, 0.4) is 0 Å². The number of anilines is 1. The van der Waals surface area contributed by atoms with E-state index in [2.05, 4.69) is 34.1 Å². The van der Waals surface area contributed by atoms with Crippen molar-refractivity contribution >= 4 is 57.7 Å². The van der Waals surface area contributed by atoms with Crippen molar-refractivity contribution in [1.29, 1.82) is 0 Å². The molecule has 2 heterocycles. The van der Waals surface area contributed by atoms with Crippen molar-refractivity contribution in [2.75, 3.05) is 38.2 Å². The first-order valence-electron chi connectivity index (χ1n) is 13.5. The molecule has 0 spiro atoms. The maximum Gasteiger partial charge on any atom is 0.247 e. The van der Waals surface area contributed by atoms with Crippen LogP contribution in [-0.2, 0) is 16.1 Å². The first-order valence-corrected chi connectivity index (χ1v) is 14.8. The molecule has 0 aliphatic carbocycles. The monoisotopic (exact) mass is 585 g/mol. The van der Waals surface area contributed by atoms with Crippen LogP contribution in [0.25, 0.3) is 6.08 Å². The summed E-state index contributed by atoms with van der Waals surface area (Å²) >= 11 is 6.98. The van der Waals surface area contributed by atoms with E-state index in [0.29, 0.717) is 21.3 Å². The predicted octanol–water partition coefficient (Wildman–Crippen LogP) is 5.06. The van der Waals surface area contributed by atoms with Gasteiger partial charge in [-0.05, 0) is 53.6 Å². The Bertz CT molecular complexity index is 1450. The SMILES string of the molecule is COc1cccc(C=CC(=O)c2ccc(N3C(=O)CC(SC(=S)N4CCN(Cc5ccccc5)CC4)C3=O)cc2)c1. The molecule has 0 N–H and O–H groups in total. The Morgan fingerprint density at radius 2 is 1.71 bits per heavy atom. The van der Waals surface area contributed by atoms with E-state index in [4.69, 9.17) is 17.0 Å². The number of amides is 2. The largest absolute Gasteiger partial charge is 0.497 e. The second kappa shape index (κ2) is 13.2. The normalized spacial score (nSPS) is 17.8. The molecule has 2 amide bonds. The van der Waals surface area contributed by atoms with Crippen LogP contribution in [0.5, 0.6) is 5.75 Å². The van der Waals surface area contributed by atoms with Crippen molar-refractivity contribution in [3.63, 3.8) is 0 Å². The lowest BCUT2D eigenvalue weighted by molar-refractivity contribution is -0.121. The molecule has 7 nitrogen and oxygen atoms in total. The number of benzene rings is 3. The lowest BCUT2D eigenvalue weighted by Crippen LogP contribution is -2.47. The molecular weight excluding hydrogens is 555 g/mol. The zero-order chi connectivity index (χ0) is 28.8. The fourth-order valence-electron chi connectivity index (χ4n) is 4.88. The number of rotatable bonds is 8. The van der Waals surface area contributed by atoms with Crippen LogP contribution >= 0.6 is 24.0 Å². The number of piperazine rings is 1. The van der Waals surface area contributed by atoms with E-state index in [1.807, 2.05) is 30.3 Å². The number of hydrogen-bond donors (Lipinski definition) is 0. The number of allylic oxidation sites excluding steroid dienone is 1. The minimum Gasteiger partial charge on any atom is -0.497 e. The van der Waals surface area contributed by atoms with Crippen molar-refractivity contribution in [3.05, 3.63) is 102 Å². The Balaban J connectivity index is 1.14. The van der Waals surface area contributed by atoms with Crippen LogP contribution in [0, 0.1) is 0 Å². The highest BCUT2D eigenvalue weighted by molar-refractivity contribution is 8.23. The fraction of sp³-hybridized carbons (Fsp3) is 0.250. The molecular formula is C32H31N3O4S2. The van der Waals surface area contributed by atoms with Crippen LogP contribution in [0.1, 0.15) is 27.9 Å². The molecule has 0 radical (unpaired) electrons. The lowest BCUT2D eigenvalue weighted by atomic mass is 10.1. The summed E-state index contributed by atoms with van der Waals surface area (Å²) in [4.78, 5) is 44.5. The average molecular weight is 586 g/mol. The molecule has 0 bridgehead atoms. The Morgan fingerprint density at radius 1 is 0.976 bits per heavy atom. The second-order valence-corrected chi connectivity index (χ2v) is 11.8. The van der Waals surface area contributed by atoms with Gasteiger partial charge in [0.15, 0.2) is 5.78 Å². The topological polar surface area (TPSA) is 70.2 Å². The minimum absolute atomic E-state index is 0.0988. The van der Waals surface area contributed by atoms with E-state index < -0.39 is 5.25 Å². The number of carbonyl (C=O) groups is 3. The smallest absolute Gasteiger partial charge is 0.247 e. The predicted molar refractivity (Wildman–Crippen MR) is 167 cm³/mol. The van der Waals surface area contributed by atoms with Crippen LogP contribution in [0.15, 0.2) is 84.9 Å². The first kappa shape index (κ1) is 28.7. The number of thiocarbonyl (C=S) groups is 1. The van der Waals surface area contributed by atoms with Gasteiger partial charge in [0.2, 0.25) is 11.8 Å². The van der Waals surface area contributed by atoms with Gasteiger partial charge in [0.1, 0.15) is 15.3 Å². The number of nitrogens with zero attached hydrogens (tertiary/aromatic N) is 3. The van der Waals surface area contributed by atoms with Crippen molar-refractivity contribution in [1.82, 2.24) is 9.80 Å². The van der Waals surface area contributed by atoms with Crippen molar-refractivity contribution in [2.45, 2.75) is 18.2 Å². The Hall–Kier alpha value is -3.79. The highest BCUT2D eigenvalue weighted by Crippen LogP contribution is 2.32. The third-order valence-corrected chi connectivity index (χ3v) is 8.82. The summed E-state index contributed by atoms with van der Waals surface area (Å²) in [5.41, 5.74) is 3.05. The van der Waals surface area contributed by atoms with Crippen molar-refractivity contribution in [3.8, 4) is 5.75 Å². The van der Waals surface area contributed by atoms with E-state index in [0.717, 1.165) is 38.3 Å². The molecule has 2 saturated heterocycles. The van der Waals surface area contributed by atoms with E-state index in [1.54, 1.807) is 37.5 Å². The van der Waals surface area contributed by atoms with Gasteiger partial charge in [-0.1, -0.05) is 72.5 Å². The van der Waals surface area contributed by atoms with E-state index in [9.17, 15) is 14.4 Å². The molecule has 3 aromatic rings. The lowest BCUT2D eigenvalue weighted by Gasteiger charge is -2.36. The molecule has 0 aromatic heterocycles. The van der Waals surface area contributed by atoms with Gasteiger partial charge in [0, 0.05) is 44.7 Å². The number of ketones is 1. The maximum absolute atomic E-state index is 13.2. The average Bonchev–Trinajstić information content (AvgIpc) is 3.28. The van der Waals surface area contributed by atoms with E-state index in [1.165, 1.54) is 28.3 Å². The molecule has 2 fully saturated rings. The Kier molecular flexibility index (Phi) is 9.28. The van der Waals surface area contributed by atoms with Gasteiger partial charge in [0.05, 0.1) is 12.8 Å². The summed E-state index contributed by atoms with van der Waals surface area (Å²) in [6, 6.07) is 24.3. The van der Waals surface area contributed by atoms with Gasteiger partial charge >= 0.3 is 0 Å². The number of methoxy groups -OCH3 is 1. The molecule has 210 valence electrons. The summed E-state index contributed by atoms with van der Waals surface area (Å²) < 4.78 is 5.87. The molecule has 5 rings (SSSR count). The second-order valence-electron chi connectivity index (χ2n) is 9.91. The molecule has 41 heavy (non-hydrogen) atoms. The van der Waals surface area contributed by atoms with Gasteiger partial charge in [-0.3, -0.25) is 19.3 Å². The molecule has 2 aliphatic heterocycles. The van der Waals surface area contributed by atoms with E-state index >= 15 is 0 Å². The molecule has 3 aromatic carbocycles. The van der Waals surface area contributed by atoms with Crippen LogP contribution in [-0.4, -0.2) is 70.3 Å². The first-order chi connectivity index (χ1) is 19.9. The Labute approximate surface area is 249 Å². The van der Waals surface area contributed by atoms with Crippen LogP contribution in [0.2, 0.25) is 0 Å². The quantitative estimate of drug-likeness (QED) is 0.157. The van der Waals surface area contributed by atoms with Crippen LogP contribution < -0.4 is 9.64 Å². The van der Waals surface area contributed by atoms with Crippen molar-refractivity contribution in [2.24, 2.45) is 0 Å². The minimum atomic E-state index is -0.551. The number of ether oxygens (including phenoxy) is 1. The molecule has 9 heteroatoms. The number of hydrogen-bond acceptors (Lipinski definition) is 7. The van der Waals surface area contributed by atoms with Crippen LogP contribution in [0.4, 0.5) is 5.69 Å². The summed E-state index contributed by atoms with van der Waals surface area (Å²) in [7, 11) is 1.59.